The summed E-state index contributed by atoms with van der Waals surface area (Å²) in [7, 11) is 0. The number of H-pyrrole nitrogens is 1. The number of carbonyl (C=O) groups is 2. The minimum absolute atomic E-state index is 0.0734. The maximum absolute atomic E-state index is 12.2. The molecule has 1 heterocycles. The molecule has 1 unspecified atom stereocenters. The fourth-order valence-electron chi connectivity index (χ4n) is 2.30. The molecule has 19 heavy (non-hydrogen) atoms. The van der Waals surface area contributed by atoms with E-state index in [1.165, 1.54) is 0 Å². The van der Waals surface area contributed by atoms with Crippen LogP contribution in [0.25, 0.3) is 10.9 Å². The van der Waals surface area contributed by atoms with E-state index in [0.29, 0.717) is 5.56 Å². The molecule has 1 amide bonds. The van der Waals surface area contributed by atoms with Crippen LogP contribution in [0.2, 0.25) is 0 Å². The van der Waals surface area contributed by atoms with Gasteiger partial charge in [-0.05, 0) is 30.9 Å². The topological polar surface area (TPSA) is 82.2 Å². The van der Waals surface area contributed by atoms with Crippen LogP contribution in [0.1, 0.15) is 23.2 Å². The highest BCUT2D eigenvalue weighted by atomic mass is 16.4. The lowest BCUT2D eigenvalue weighted by Gasteiger charge is -2.13. The second-order valence-electron chi connectivity index (χ2n) is 4.87. The lowest BCUT2D eigenvalue weighted by molar-refractivity contribution is -0.139. The number of carbonyl (C=O) groups excluding carboxylic acids is 1. The molecule has 2 aromatic rings. The summed E-state index contributed by atoms with van der Waals surface area (Å²) < 4.78 is 0. The highest BCUT2D eigenvalue weighted by Gasteiger charge is 2.37. The molecule has 1 saturated carbocycles. The van der Waals surface area contributed by atoms with E-state index >= 15 is 0 Å². The van der Waals surface area contributed by atoms with Crippen LogP contribution in [0.15, 0.2) is 30.5 Å². The largest absolute Gasteiger partial charge is 0.480 e. The Morgan fingerprint density at radius 2 is 2.11 bits per heavy atom. The van der Waals surface area contributed by atoms with E-state index in [1.54, 1.807) is 18.3 Å². The Hall–Kier alpha value is -2.30. The van der Waals surface area contributed by atoms with E-state index in [4.69, 9.17) is 5.11 Å². The molecular formula is C14H14N2O3. The SMILES string of the molecule is O=C(NC(C(=O)O)C1CC1)c1cccc2cc[nH]c12. The van der Waals surface area contributed by atoms with Crippen molar-refractivity contribution in [1.82, 2.24) is 10.3 Å². The summed E-state index contributed by atoms with van der Waals surface area (Å²) >= 11 is 0. The molecule has 0 spiro atoms. The highest BCUT2D eigenvalue weighted by Crippen LogP contribution is 2.33. The van der Waals surface area contributed by atoms with Gasteiger partial charge < -0.3 is 15.4 Å². The van der Waals surface area contributed by atoms with Gasteiger partial charge in [-0.15, -0.1) is 0 Å². The minimum atomic E-state index is -0.963. The maximum Gasteiger partial charge on any atom is 0.326 e. The molecule has 5 heteroatoms. The summed E-state index contributed by atoms with van der Waals surface area (Å²) in [6.45, 7) is 0. The van der Waals surface area contributed by atoms with Gasteiger partial charge in [0.25, 0.3) is 5.91 Å². The fraction of sp³-hybridized carbons (Fsp3) is 0.286. The fourth-order valence-corrected chi connectivity index (χ4v) is 2.30. The number of rotatable bonds is 4. The zero-order chi connectivity index (χ0) is 13.4. The van der Waals surface area contributed by atoms with Crippen molar-refractivity contribution >= 4 is 22.8 Å². The Morgan fingerprint density at radius 3 is 2.79 bits per heavy atom. The van der Waals surface area contributed by atoms with Crippen molar-refractivity contribution in [2.45, 2.75) is 18.9 Å². The average molecular weight is 258 g/mol. The molecule has 5 nitrogen and oxygen atoms in total. The van der Waals surface area contributed by atoms with Crippen LogP contribution in [-0.4, -0.2) is 28.0 Å². The van der Waals surface area contributed by atoms with Crippen molar-refractivity contribution in [3.05, 3.63) is 36.0 Å². The summed E-state index contributed by atoms with van der Waals surface area (Å²) in [6, 6.07) is 6.48. The number of hydrogen-bond donors (Lipinski definition) is 3. The van der Waals surface area contributed by atoms with Gasteiger partial charge in [0.1, 0.15) is 6.04 Å². The number of aromatic amines is 1. The van der Waals surface area contributed by atoms with Crippen molar-refractivity contribution in [1.29, 1.82) is 0 Å². The third kappa shape index (κ3) is 2.19. The van der Waals surface area contributed by atoms with Gasteiger partial charge in [-0.1, -0.05) is 12.1 Å². The van der Waals surface area contributed by atoms with Crippen molar-refractivity contribution in [3.63, 3.8) is 0 Å². The smallest absolute Gasteiger partial charge is 0.326 e. The van der Waals surface area contributed by atoms with Crippen LogP contribution >= 0.6 is 0 Å². The van der Waals surface area contributed by atoms with E-state index in [-0.39, 0.29) is 11.8 Å². The molecule has 98 valence electrons. The van der Waals surface area contributed by atoms with Crippen LogP contribution in [-0.2, 0) is 4.79 Å². The predicted octanol–water partition coefficient (Wildman–Crippen LogP) is 1.76. The van der Waals surface area contributed by atoms with Gasteiger partial charge in [0, 0.05) is 11.6 Å². The summed E-state index contributed by atoms with van der Waals surface area (Å²) in [4.78, 5) is 26.4. The molecule has 1 atom stereocenters. The lowest BCUT2D eigenvalue weighted by Crippen LogP contribution is -2.42. The number of carboxylic acid groups (broad SMARTS) is 1. The molecule has 1 aromatic carbocycles. The van der Waals surface area contributed by atoms with Crippen molar-refractivity contribution in [2.75, 3.05) is 0 Å². The Kier molecular flexibility index (Phi) is 2.74. The molecule has 1 aliphatic rings. The first-order chi connectivity index (χ1) is 9.16. The van der Waals surface area contributed by atoms with Crippen LogP contribution < -0.4 is 5.32 Å². The molecule has 1 aromatic heterocycles. The summed E-state index contributed by atoms with van der Waals surface area (Å²) in [5, 5.41) is 12.7. The number of amides is 1. The van der Waals surface area contributed by atoms with Gasteiger partial charge in [-0.2, -0.15) is 0 Å². The molecule has 0 saturated heterocycles. The number of carboxylic acids is 1. The Bertz CT molecular complexity index is 643. The Balaban J connectivity index is 1.87. The minimum Gasteiger partial charge on any atom is -0.480 e. The van der Waals surface area contributed by atoms with Gasteiger partial charge in [0.2, 0.25) is 0 Å². The molecule has 3 N–H and O–H groups in total. The van der Waals surface area contributed by atoms with Crippen LogP contribution in [0.5, 0.6) is 0 Å². The van der Waals surface area contributed by atoms with E-state index in [1.807, 2.05) is 12.1 Å². The summed E-state index contributed by atoms with van der Waals surface area (Å²) in [5.74, 6) is -1.23. The molecule has 1 fully saturated rings. The number of aromatic nitrogens is 1. The standard InChI is InChI=1S/C14H14N2O3/c17-13(16-12(14(18)19)9-4-5-9)10-3-1-2-8-6-7-15-11(8)10/h1-3,6-7,9,12,15H,4-5H2,(H,16,17)(H,18,19). The first kappa shape index (κ1) is 11.8. The van der Waals surface area contributed by atoms with Crippen molar-refractivity contribution in [3.8, 4) is 0 Å². The normalized spacial score (nSPS) is 16.2. The van der Waals surface area contributed by atoms with Crippen LogP contribution in [0.4, 0.5) is 0 Å². The summed E-state index contributed by atoms with van der Waals surface area (Å²) in [6.07, 6.45) is 3.49. The summed E-state index contributed by atoms with van der Waals surface area (Å²) in [5.41, 5.74) is 1.22. The second-order valence-corrected chi connectivity index (χ2v) is 4.87. The van der Waals surface area contributed by atoms with Crippen molar-refractivity contribution < 1.29 is 14.7 Å². The zero-order valence-corrected chi connectivity index (χ0v) is 10.2. The first-order valence-corrected chi connectivity index (χ1v) is 6.26. The van der Waals surface area contributed by atoms with Gasteiger partial charge >= 0.3 is 5.97 Å². The zero-order valence-electron chi connectivity index (χ0n) is 10.2. The monoisotopic (exact) mass is 258 g/mol. The highest BCUT2D eigenvalue weighted by molar-refractivity contribution is 6.06. The number of nitrogens with one attached hydrogen (secondary N) is 2. The maximum atomic E-state index is 12.2. The number of aliphatic carboxylic acids is 1. The lowest BCUT2D eigenvalue weighted by atomic mass is 10.1. The van der Waals surface area contributed by atoms with Crippen LogP contribution in [0, 0.1) is 5.92 Å². The van der Waals surface area contributed by atoms with E-state index in [0.717, 1.165) is 23.7 Å². The third-order valence-corrected chi connectivity index (χ3v) is 3.48. The van der Waals surface area contributed by atoms with E-state index < -0.39 is 12.0 Å². The van der Waals surface area contributed by atoms with Gasteiger partial charge in [-0.3, -0.25) is 4.79 Å². The Morgan fingerprint density at radius 1 is 1.32 bits per heavy atom. The molecule has 0 aliphatic heterocycles. The first-order valence-electron chi connectivity index (χ1n) is 6.26. The van der Waals surface area contributed by atoms with Gasteiger partial charge in [-0.25, -0.2) is 4.79 Å². The number of hydrogen-bond acceptors (Lipinski definition) is 2. The quantitative estimate of drug-likeness (QED) is 0.781. The van der Waals surface area contributed by atoms with Crippen LogP contribution in [0.3, 0.4) is 0 Å². The van der Waals surface area contributed by atoms with Gasteiger partial charge in [0.15, 0.2) is 0 Å². The van der Waals surface area contributed by atoms with E-state index in [9.17, 15) is 9.59 Å². The average Bonchev–Trinajstić information content (AvgIpc) is 3.11. The van der Waals surface area contributed by atoms with E-state index in [2.05, 4.69) is 10.3 Å². The molecule has 3 rings (SSSR count). The second kappa shape index (κ2) is 4.42. The molecule has 0 radical (unpaired) electrons. The van der Waals surface area contributed by atoms with Crippen molar-refractivity contribution in [2.24, 2.45) is 5.92 Å². The molecular weight excluding hydrogens is 244 g/mol. The number of para-hydroxylation sites is 1. The number of fused-ring (bicyclic) bond motifs is 1. The van der Waals surface area contributed by atoms with Gasteiger partial charge in [0.05, 0.1) is 11.1 Å². The molecule has 1 aliphatic carbocycles. The Labute approximate surface area is 109 Å². The predicted molar refractivity (Wildman–Crippen MR) is 69.9 cm³/mol. The molecule has 0 bridgehead atoms. The third-order valence-electron chi connectivity index (χ3n) is 3.48. The number of benzene rings is 1.